The molecule has 1 aromatic carbocycles. The molecule has 3 rings (SSSR count). The summed E-state index contributed by atoms with van der Waals surface area (Å²) in [7, 11) is 1.28. The van der Waals surface area contributed by atoms with Crippen molar-refractivity contribution in [3.63, 3.8) is 0 Å². The van der Waals surface area contributed by atoms with Crippen molar-refractivity contribution in [1.29, 1.82) is 0 Å². The van der Waals surface area contributed by atoms with Gasteiger partial charge in [0, 0.05) is 18.7 Å². The van der Waals surface area contributed by atoms with Crippen LogP contribution in [0.1, 0.15) is 25.7 Å². The highest BCUT2D eigenvalue weighted by Gasteiger charge is 2.27. The highest BCUT2D eigenvalue weighted by molar-refractivity contribution is 7.18. The summed E-state index contributed by atoms with van der Waals surface area (Å²) < 4.78 is 10.1. The van der Waals surface area contributed by atoms with Crippen molar-refractivity contribution < 1.29 is 19.1 Å². The van der Waals surface area contributed by atoms with Gasteiger partial charge in [0.05, 0.1) is 20.3 Å². The number of thiazole rings is 1. The number of methoxy groups -OCH3 is 1. The summed E-state index contributed by atoms with van der Waals surface area (Å²) in [5.41, 5.74) is 0.600. The molecule has 6 nitrogen and oxygen atoms in total. The molecule has 1 aromatic heterocycles. The lowest BCUT2D eigenvalue weighted by molar-refractivity contribution is 0.0592. The maximum absolute atomic E-state index is 12.7. The average Bonchev–Trinajstić information content (AvgIpc) is 3.07. The molecule has 0 bridgehead atoms. The van der Waals surface area contributed by atoms with Gasteiger partial charge in [0.15, 0.2) is 10.8 Å². The van der Waals surface area contributed by atoms with Gasteiger partial charge in [-0.05, 0) is 0 Å². The molecule has 120 valence electrons. The Bertz CT molecular complexity index is 708. The topological polar surface area (TPSA) is 68.7 Å². The highest BCUT2D eigenvalue weighted by atomic mass is 32.1. The molecule has 2 heterocycles. The highest BCUT2D eigenvalue weighted by Crippen LogP contribution is 2.29. The maximum atomic E-state index is 12.7. The van der Waals surface area contributed by atoms with E-state index in [9.17, 15) is 9.59 Å². The van der Waals surface area contributed by atoms with Gasteiger partial charge in [-0.1, -0.05) is 41.7 Å². The Hall–Kier alpha value is -2.25. The van der Waals surface area contributed by atoms with E-state index >= 15 is 0 Å². The number of anilines is 1. The lowest BCUT2D eigenvalue weighted by Crippen LogP contribution is -2.36. The van der Waals surface area contributed by atoms with E-state index < -0.39 is 5.97 Å². The number of aromatic nitrogens is 1. The second-order valence-corrected chi connectivity index (χ2v) is 5.94. The third-order valence-corrected chi connectivity index (χ3v) is 4.63. The number of ether oxygens (including phenoxy) is 2. The van der Waals surface area contributed by atoms with Gasteiger partial charge >= 0.3 is 5.97 Å². The number of carbonyl (C=O) groups is 2. The van der Waals surface area contributed by atoms with Crippen LogP contribution in [0.25, 0.3) is 0 Å². The molecule has 1 fully saturated rings. The minimum Gasteiger partial charge on any atom is -0.464 e. The molecule has 0 saturated carbocycles. The van der Waals surface area contributed by atoms with E-state index in [0.717, 1.165) is 0 Å². The fourth-order valence-corrected chi connectivity index (χ4v) is 3.38. The molecule has 0 amide bonds. The van der Waals surface area contributed by atoms with Crippen LogP contribution in [0.4, 0.5) is 5.13 Å². The number of esters is 1. The van der Waals surface area contributed by atoms with Gasteiger partial charge in [-0.15, -0.1) is 0 Å². The first kappa shape index (κ1) is 15.6. The zero-order chi connectivity index (χ0) is 16.2. The van der Waals surface area contributed by atoms with Gasteiger partial charge < -0.3 is 14.4 Å². The summed E-state index contributed by atoms with van der Waals surface area (Å²) >= 11 is 1.22. The molecule has 0 radical (unpaired) electrons. The van der Waals surface area contributed by atoms with Crippen molar-refractivity contribution in [3.05, 3.63) is 46.5 Å². The number of morpholine rings is 1. The molecule has 1 saturated heterocycles. The van der Waals surface area contributed by atoms with E-state index in [2.05, 4.69) is 4.98 Å². The molecule has 0 atom stereocenters. The molecule has 1 aliphatic rings. The van der Waals surface area contributed by atoms with Gasteiger partial charge in [-0.3, -0.25) is 4.79 Å². The summed E-state index contributed by atoms with van der Waals surface area (Å²) in [6.45, 7) is 2.59. The van der Waals surface area contributed by atoms with Crippen LogP contribution in [0.5, 0.6) is 0 Å². The van der Waals surface area contributed by atoms with Crippen molar-refractivity contribution in [2.45, 2.75) is 0 Å². The molecule has 23 heavy (non-hydrogen) atoms. The van der Waals surface area contributed by atoms with Gasteiger partial charge in [0.1, 0.15) is 4.88 Å². The van der Waals surface area contributed by atoms with Crippen LogP contribution in [0.15, 0.2) is 30.3 Å². The van der Waals surface area contributed by atoms with Crippen LogP contribution < -0.4 is 4.90 Å². The molecule has 0 unspecified atom stereocenters. The van der Waals surface area contributed by atoms with Crippen LogP contribution in [0, 0.1) is 0 Å². The van der Waals surface area contributed by atoms with Gasteiger partial charge in [0.25, 0.3) is 0 Å². The second kappa shape index (κ2) is 6.89. The third-order valence-electron chi connectivity index (χ3n) is 3.52. The van der Waals surface area contributed by atoms with Crippen LogP contribution in [-0.2, 0) is 9.47 Å². The SMILES string of the molecule is COC(=O)c1nc(N2CCOCC2)sc1C(=O)c1ccccc1. The third kappa shape index (κ3) is 3.25. The Kier molecular flexibility index (Phi) is 4.68. The number of hydrogen-bond donors (Lipinski definition) is 0. The van der Waals surface area contributed by atoms with E-state index in [4.69, 9.17) is 9.47 Å². The minimum absolute atomic E-state index is 0.0767. The average molecular weight is 332 g/mol. The van der Waals surface area contributed by atoms with E-state index in [0.29, 0.717) is 41.9 Å². The van der Waals surface area contributed by atoms with Crippen LogP contribution in [0.3, 0.4) is 0 Å². The summed E-state index contributed by atoms with van der Waals surface area (Å²) in [5, 5.41) is 0.646. The Morgan fingerprint density at radius 2 is 1.91 bits per heavy atom. The van der Waals surface area contributed by atoms with E-state index in [1.54, 1.807) is 24.3 Å². The molecule has 7 heteroatoms. The number of carbonyl (C=O) groups excluding carboxylic acids is 2. The number of nitrogens with zero attached hydrogens (tertiary/aromatic N) is 2. The van der Waals surface area contributed by atoms with Crippen LogP contribution in [-0.4, -0.2) is 50.1 Å². The van der Waals surface area contributed by atoms with E-state index in [1.165, 1.54) is 18.4 Å². The number of benzene rings is 1. The molecular formula is C16H16N2O4S. The molecule has 0 spiro atoms. The second-order valence-electron chi connectivity index (χ2n) is 4.96. The molecule has 1 aliphatic heterocycles. The number of hydrogen-bond acceptors (Lipinski definition) is 7. The lowest BCUT2D eigenvalue weighted by atomic mass is 10.1. The molecule has 0 aliphatic carbocycles. The lowest BCUT2D eigenvalue weighted by Gasteiger charge is -2.25. The number of rotatable bonds is 4. The molecule has 2 aromatic rings. The molecular weight excluding hydrogens is 316 g/mol. The first-order chi connectivity index (χ1) is 11.2. The van der Waals surface area contributed by atoms with Crippen LogP contribution in [0.2, 0.25) is 0 Å². The predicted molar refractivity (Wildman–Crippen MR) is 86.4 cm³/mol. The van der Waals surface area contributed by atoms with E-state index in [-0.39, 0.29) is 11.5 Å². The maximum Gasteiger partial charge on any atom is 0.358 e. The summed E-state index contributed by atoms with van der Waals surface area (Å²) in [6, 6.07) is 8.85. The summed E-state index contributed by atoms with van der Waals surface area (Å²) in [5.74, 6) is -0.817. The first-order valence-electron chi connectivity index (χ1n) is 7.22. The smallest absolute Gasteiger partial charge is 0.358 e. The fraction of sp³-hybridized carbons (Fsp3) is 0.312. The van der Waals surface area contributed by atoms with Crippen molar-refractivity contribution >= 4 is 28.2 Å². The van der Waals surface area contributed by atoms with Crippen molar-refractivity contribution in [3.8, 4) is 0 Å². The monoisotopic (exact) mass is 332 g/mol. The predicted octanol–water partition coefficient (Wildman–Crippen LogP) is 2.00. The Balaban J connectivity index is 1.98. The summed E-state index contributed by atoms with van der Waals surface area (Å²) in [6.07, 6.45) is 0. The quantitative estimate of drug-likeness (QED) is 0.630. The van der Waals surface area contributed by atoms with Gasteiger partial charge in [0.2, 0.25) is 5.78 Å². The van der Waals surface area contributed by atoms with Crippen molar-refractivity contribution in [2.75, 3.05) is 38.3 Å². The Morgan fingerprint density at radius 3 is 2.57 bits per heavy atom. The van der Waals surface area contributed by atoms with Gasteiger partial charge in [-0.2, -0.15) is 0 Å². The fourth-order valence-electron chi connectivity index (χ4n) is 2.31. The largest absolute Gasteiger partial charge is 0.464 e. The van der Waals surface area contributed by atoms with Crippen molar-refractivity contribution in [1.82, 2.24) is 4.98 Å². The zero-order valence-electron chi connectivity index (χ0n) is 12.7. The minimum atomic E-state index is -0.597. The number of ketones is 1. The summed E-state index contributed by atoms with van der Waals surface area (Å²) in [4.78, 5) is 31.4. The van der Waals surface area contributed by atoms with Gasteiger partial charge in [-0.25, -0.2) is 9.78 Å². The Labute approximate surface area is 137 Å². The molecule has 0 N–H and O–H groups in total. The van der Waals surface area contributed by atoms with Crippen molar-refractivity contribution in [2.24, 2.45) is 0 Å². The standard InChI is InChI=1S/C16H16N2O4S/c1-21-15(20)12-14(13(19)11-5-3-2-4-6-11)23-16(17-12)18-7-9-22-10-8-18/h2-6H,7-10H2,1H3. The normalized spacial score (nSPS) is 14.6. The zero-order valence-corrected chi connectivity index (χ0v) is 13.5. The van der Waals surface area contributed by atoms with Crippen LogP contribution >= 0.6 is 11.3 Å². The van der Waals surface area contributed by atoms with E-state index in [1.807, 2.05) is 11.0 Å². The Morgan fingerprint density at radius 1 is 1.22 bits per heavy atom. The first-order valence-corrected chi connectivity index (χ1v) is 8.04.